The Labute approximate surface area is 163 Å². The van der Waals surface area contributed by atoms with Crippen molar-refractivity contribution in [2.75, 3.05) is 16.9 Å². The number of carbonyl (C=O) groups excluding carboxylic acids is 1. The van der Waals surface area contributed by atoms with Crippen LogP contribution in [0.15, 0.2) is 78.9 Å². The Balaban J connectivity index is 1.70. The molecule has 0 heterocycles. The number of anilines is 2. The lowest BCUT2D eigenvalue weighted by Crippen LogP contribution is -2.30. The van der Waals surface area contributed by atoms with Crippen LogP contribution < -0.4 is 15.1 Å². The smallest absolute Gasteiger partial charge is 0.246 e. The van der Waals surface area contributed by atoms with Crippen LogP contribution in [0.25, 0.3) is 0 Å². The molecule has 28 heavy (non-hydrogen) atoms. The van der Waals surface area contributed by atoms with Gasteiger partial charge in [-0.15, -0.1) is 0 Å². The maximum atomic E-state index is 12.4. The summed E-state index contributed by atoms with van der Waals surface area (Å²) in [6.45, 7) is 0.0602. The average molecular weight is 373 g/mol. The van der Waals surface area contributed by atoms with Crippen LogP contribution in [0.2, 0.25) is 0 Å². The van der Waals surface area contributed by atoms with Crippen molar-refractivity contribution in [2.24, 2.45) is 0 Å². The molecule has 2 N–H and O–H groups in total. The lowest BCUT2D eigenvalue weighted by Gasteiger charge is -2.17. The SMILES string of the molecule is N#Cc1ccc(OCc2ccccc2)c(NC(=O)CN(O)c2ccccc2)c1. The number of nitrogens with zero attached hydrogens (tertiary/aromatic N) is 2. The monoisotopic (exact) mass is 373 g/mol. The van der Waals surface area contributed by atoms with E-state index in [0.717, 1.165) is 10.6 Å². The van der Waals surface area contributed by atoms with Crippen molar-refractivity contribution in [3.8, 4) is 11.8 Å². The van der Waals surface area contributed by atoms with Crippen molar-refractivity contribution in [3.63, 3.8) is 0 Å². The van der Waals surface area contributed by atoms with Gasteiger partial charge in [0.15, 0.2) is 0 Å². The molecule has 6 nitrogen and oxygen atoms in total. The quantitative estimate of drug-likeness (QED) is 0.612. The van der Waals surface area contributed by atoms with E-state index in [0.29, 0.717) is 29.3 Å². The van der Waals surface area contributed by atoms with Crippen LogP contribution >= 0.6 is 0 Å². The number of ether oxygens (including phenoxy) is 1. The Morgan fingerprint density at radius 1 is 1.04 bits per heavy atom. The minimum absolute atomic E-state index is 0.265. The van der Waals surface area contributed by atoms with Crippen molar-refractivity contribution in [2.45, 2.75) is 6.61 Å². The molecule has 0 atom stereocenters. The highest BCUT2D eigenvalue weighted by Crippen LogP contribution is 2.27. The molecule has 0 saturated carbocycles. The fourth-order valence-electron chi connectivity index (χ4n) is 2.58. The number of rotatable bonds is 7. The zero-order valence-electron chi connectivity index (χ0n) is 15.1. The second kappa shape index (κ2) is 9.21. The molecule has 140 valence electrons. The molecule has 0 aromatic heterocycles. The summed E-state index contributed by atoms with van der Waals surface area (Å²) in [7, 11) is 0. The number of nitrogens with one attached hydrogen (secondary N) is 1. The number of amides is 1. The van der Waals surface area contributed by atoms with Gasteiger partial charge in [-0.2, -0.15) is 5.26 Å². The fourth-order valence-corrected chi connectivity index (χ4v) is 2.58. The van der Waals surface area contributed by atoms with Crippen LogP contribution in [-0.4, -0.2) is 17.7 Å². The van der Waals surface area contributed by atoms with Crippen LogP contribution in [0, 0.1) is 11.3 Å². The number of carbonyl (C=O) groups is 1. The Kier molecular flexibility index (Phi) is 6.24. The predicted octanol–water partition coefficient (Wildman–Crippen LogP) is 3.97. The summed E-state index contributed by atoms with van der Waals surface area (Å²) in [4.78, 5) is 12.4. The first-order valence-corrected chi connectivity index (χ1v) is 8.68. The minimum Gasteiger partial charge on any atom is -0.487 e. The first-order chi connectivity index (χ1) is 13.7. The van der Waals surface area contributed by atoms with E-state index in [4.69, 9.17) is 10.00 Å². The lowest BCUT2D eigenvalue weighted by molar-refractivity contribution is -0.115. The van der Waals surface area contributed by atoms with Gasteiger partial charge in [0, 0.05) is 0 Å². The number of para-hydroxylation sites is 1. The van der Waals surface area contributed by atoms with E-state index in [9.17, 15) is 10.0 Å². The topological polar surface area (TPSA) is 85.6 Å². The minimum atomic E-state index is -0.439. The molecule has 0 aliphatic rings. The molecular formula is C22H19N3O3. The highest BCUT2D eigenvalue weighted by atomic mass is 16.5. The molecule has 3 rings (SSSR count). The average Bonchev–Trinajstić information content (AvgIpc) is 2.74. The first-order valence-electron chi connectivity index (χ1n) is 8.68. The van der Waals surface area contributed by atoms with Crippen LogP contribution in [0.5, 0.6) is 5.75 Å². The third kappa shape index (κ3) is 5.10. The van der Waals surface area contributed by atoms with Crippen LogP contribution in [-0.2, 0) is 11.4 Å². The molecule has 0 saturated heterocycles. The summed E-state index contributed by atoms with van der Waals surface area (Å²) >= 11 is 0. The second-order valence-corrected chi connectivity index (χ2v) is 6.04. The summed E-state index contributed by atoms with van der Waals surface area (Å²) < 4.78 is 5.81. The summed E-state index contributed by atoms with van der Waals surface area (Å²) in [6.07, 6.45) is 0. The molecule has 3 aromatic carbocycles. The van der Waals surface area contributed by atoms with Crippen LogP contribution in [0.1, 0.15) is 11.1 Å². The van der Waals surface area contributed by atoms with Gasteiger partial charge in [-0.05, 0) is 35.9 Å². The molecule has 1 amide bonds. The van der Waals surface area contributed by atoms with Gasteiger partial charge in [-0.25, -0.2) is 5.06 Å². The number of hydroxylamine groups is 1. The van der Waals surface area contributed by atoms with Crippen molar-refractivity contribution in [3.05, 3.63) is 90.0 Å². The van der Waals surface area contributed by atoms with Gasteiger partial charge in [-0.3, -0.25) is 10.0 Å². The molecule has 6 heteroatoms. The summed E-state index contributed by atoms with van der Waals surface area (Å²) in [5.74, 6) is 0.00593. The molecule has 0 fully saturated rings. The molecule has 0 bridgehead atoms. The molecular weight excluding hydrogens is 354 g/mol. The maximum absolute atomic E-state index is 12.4. The van der Waals surface area contributed by atoms with E-state index < -0.39 is 5.91 Å². The predicted molar refractivity (Wildman–Crippen MR) is 106 cm³/mol. The molecule has 0 aliphatic carbocycles. The van der Waals surface area contributed by atoms with E-state index in [1.54, 1.807) is 42.5 Å². The zero-order chi connectivity index (χ0) is 19.8. The number of hydrogen-bond acceptors (Lipinski definition) is 5. The van der Waals surface area contributed by atoms with Crippen molar-refractivity contribution >= 4 is 17.3 Å². The van der Waals surface area contributed by atoms with Gasteiger partial charge in [0.1, 0.15) is 18.9 Å². The van der Waals surface area contributed by atoms with Crippen molar-refractivity contribution in [1.29, 1.82) is 5.26 Å². The van der Waals surface area contributed by atoms with E-state index in [1.165, 1.54) is 0 Å². The maximum Gasteiger partial charge on any atom is 0.246 e. The standard InChI is InChI=1S/C22H19N3O3/c23-14-18-11-12-21(28-16-17-7-3-1-4-8-17)20(13-18)24-22(26)15-25(27)19-9-5-2-6-10-19/h1-13,27H,15-16H2,(H,24,26). The van der Waals surface area contributed by atoms with Crippen LogP contribution in [0.4, 0.5) is 11.4 Å². The zero-order valence-corrected chi connectivity index (χ0v) is 15.1. The number of hydrogen-bond donors (Lipinski definition) is 2. The Bertz CT molecular complexity index is 969. The summed E-state index contributed by atoms with van der Waals surface area (Å²) in [6, 6.07) is 25.2. The first kappa shape index (κ1) is 19.0. The van der Waals surface area contributed by atoms with Gasteiger partial charge in [0.05, 0.1) is 23.0 Å². The van der Waals surface area contributed by atoms with E-state index in [1.807, 2.05) is 42.5 Å². The number of nitriles is 1. The molecule has 0 spiro atoms. The van der Waals surface area contributed by atoms with Gasteiger partial charge in [0.2, 0.25) is 5.91 Å². The highest BCUT2D eigenvalue weighted by molar-refractivity contribution is 5.95. The number of benzene rings is 3. The van der Waals surface area contributed by atoms with Gasteiger partial charge in [0.25, 0.3) is 0 Å². The van der Waals surface area contributed by atoms with E-state index in [2.05, 4.69) is 5.32 Å². The Morgan fingerprint density at radius 2 is 1.71 bits per heavy atom. The van der Waals surface area contributed by atoms with Gasteiger partial charge >= 0.3 is 0 Å². The largest absolute Gasteiger partial charge is 0.487 e. The van der Waals surface area contributed by atoms with Gasteiger partial charge in [-0.1, -0.05) is 48.5 Å². The summed E-state index contributed by atoms with van der Waals surface area (Å²) in [5, 5.41) is 22.8. The van der Waals surface area contributed by atoms with E-state index in [-0.39, 0.29) is 6.54 Å². The third-order valence-corrected chi connectivity index (χ3v) is 3.97. The lowest BCUT2D eigenvalue weighted by atomic mass is 10.2. The van der Waals surface area contributed by atoms with E-state index >= 15 is 0 Å². The summed E-state index contributed by atoms with van der Waals surface area (Å²) in [5.41, 5.74) is 2.26. The molecule has 3 aromatic rings. The third-order valence-electron chi connectivity index (χ3n) is 3.97. The van der Waals surface area contributed by atoms with Crippen molar-refractivity contribution < 1.29 is 14.7 Å². The molecule has 0 radical (unpaired) electrons. The van der Waals surface area contributed by atoms with Crippen molar-refractivity contribution in [1.82, 2.24) is 0 Å². The second-order valence-electron chi connectivity index (χ2n) is 6.04. The Hall–Kier alpha value is -3.82. The van der Waals surface area contributed by atoms with Crippen LogP contribution in [0.3, 0.4) is 0 Å². The fraction of sp³-hybridized carbons (Fsp3) is 0.0909. The highest BCUT2D eigenvalue weighted by Gasteiger charge is 2.13. The Morgan fingerprint density at radius 3 is 2.39 bits per heavy atom. The molecule has 0 aliphatic heterocycles. The van der Waals surface area contributed by atoms with Gasteiger partial charge < -0.3 is 10.1 Å². The molecule has 0 unspecified atom stereocenters. The normalized spacial score (nSPS) is 10.0.